The lowest BCUT2D eigenvalue weighted by Gasteiger charge is -2.31. The fraction of sp³-hybridized carbons (Fsp3) is 0.478. The van der Waals surface area contributed by atoms with Crippen molar-refractivity contribution in [3.05, 3.63) is 65.2 Å². The van der Waals surface area contributed by atoms with Gasteiger partial charge in [0.1, 0.15) is 24.9 Å². The summed E-state index contributed by atoms with van der Waals surface area (Å²) in [6.45, 7) is 2.44. The normalized spacial score (nSPS) is 30.1. The van der Waals surface area contributed by atoms with E-state index >= 15 is 0 Å². The van der Waals surface area contributed by atoms with Crippen molar-refractivity contribution in [1.82, 2.24) is 4.90 Å². The molecule has 0 N–H and O–H groups in total. The maximum Gasteiger partial charge on any atom is 0.149 e. The monoisotopic (exact) mass is 365 g/mol. The fourth-order valence-electron chi connectivity index (χ4n) is 5.11. The van der Waals surface area contributed by atoms with Gasteiger partial charge in [0.2, 0.25) is 0 Å². The molecule has 0 spiro atoms. The quantitative estimate of drug-likeness (QED) is 0.822. The standard InChI is InChI=1S/C23H27NO3/c1-25-19-11-9-17(10-12-19)21-14-24(23-22(21)26-15-27-23)13-18-7-4-6-16-5-2-3-8-20(16)18/h2-3,5,8-12,18,21-23H,4,6-7,13-15H2,1H3. The zero-order chi connectivity index (χ0) is 18.2. The van der Waals surface area contributed by atoms with Gasteiger partial charge in [0.15, 0.2) is 0 Å². The summed E-state index contributed by atoms with van der Waals surface area (Å²) >= 11 is 0. The van der Waals surface area contributed by atoms with E-state index in [1.54, 1.807) is 7.11 Å². The Morgan fingerprint density at radius 3 is 2.78 bits per heavy atom. The summed E-state index contributed by atoms with van der Waals surface area (Å²) in [5.41, 5.74) is 4.37. The van der Waals surface area contributed by atoms with Gasteiger partial charge in [-0.25, -0.2) is 0 Å². The predicted molar refractivity (Wildman–Crippen MR) is 104 cm³/mol. The van der Waals surface area contributed by atoms with Gasteiger partial charge >= 0.3 is 0 Å². The SMILES string of the molecule is COc1ccc(C2CN(CC3CCCc4ccccc43)C3OCOC23)cc1. The number of benzene rings is 2. The Kier molecular flexibility index (Phi) is 4.64. The number of hydrogen-bond acceptors (Lipinski definition) is 4. The van der Waals surface area contributed by atoms with Gasteiger partial charge in [0.25, 0.3) is 0 Å². The van der Waals surface area contributed by atoms with Gasteiger partial charge in [-0.3, -0.25) is 4.90 Å². The largest absolute Gasteiger partial charge is 0.497 e. The molecule has 1 aliphatic carbocycles. The molecule has 2 aromatic rings. The summed E-state index contributed by atoms with van der Waals surface area (Å²) in [6, 6.07) is 17.4. The molecular formula is C23H27NO3. The minimum atomic E-state index is 0.0752. The molecule has 0 saturated carbocycles. The van der Waals surface area contributed by atoms with Crippen LogP contribution in [0.5, 0.6) is 5.75 Å². The molecule has 2 saturated heterocycles. The summed E-state index contributed by atoms with van der Waals surface area (Å²) in [4.78, 5) is 2.51. The average molecular weight is 365 g/mol. The van der Waals surface area contributed by atoms with Crippen molar-refractivity contribution in [2.24, 2.45) is 0 Å². The first kappa shape index (κ1) is 17.2. The molecule has 0 aromatic heterocycles. The predicted octanol–water partition coefficient (Wildman–Crippen LogP) is 3.91. The first-order chi connectivity index (χ1) is 13.3. The Morgan fingerprint density at radius 1 is 1.07 bits per heavy atom. The summed E-state index contributed by atoms with van der Waals surface area (Å²) in [6.07, 6.45) is 3.96. The highest BCUT2D eigenvalue weighted by molar-refractivity contribution is 5.34. The second-order valence-corrected chi connectivity index (χ2v) is 7.93. The van der Waals surface area contributed by atoms with Gasteiger partial charge in [0.05, 0.1) is 7.11 Å². The average Bonchev–Trinajstić information content (AvgIpc) is 3.32. The smallest absolute Gasteiger partial charge is 0.149 e. The lowest BCUT2D eigenvalue weighted by Crippen LogP contribution is -2.37. The number of nitrogens with zero attached hydrogens (tertiary/aromatic N) is 1. The van der Waals surface area contributed by atoms with Gasteiger partial charge < -0.3 is 14.2 Å². The number of rotatable bonds is 4. The number of methoxy groups -OCH3 is 1. The molecule has 4 heteroatoms. The molecule has 2 aliphatic heterocycles. The lowest BCUT2D eigenvalue weighted by atomic mass is 9.82. The topological polar surface area (TPSA) is 30.9 Å². The van der Waals surface area contributed by atoms with E-state index in [4.69, 9.17) is 14.2 Å². The van der Waals surface area contributed by atoms with Crippen LogP contribution in [0.25, 0.3) is 0 Å². The minimum absolute atomic E-state index is 0.0752. The number of aryl methyl sites for hydroxylation is 1. The van der Waals surface area contributed by atoms with Crippen LogP contribution in [0.4, 0.5) is 0 Å². The molecule has 2 aromatic carbocycles. The van der Waals surface area contributed by atoms with Crippen molar-refractivity contribution >= 4 is 0 Å². The molecule has 0 bridgehead atoms. The van der Waals surface area contributed by atoms with Gasteiger partial charge in [-0.2, -0.15) is 0 Å². The van der Waals surface area contributed by atoms with Gasteiger partial charge in [-0.05, 0) is 54.0 Å². The van der Waals surface area contributed by atoms with Crippen molar-refractivity contribution in [1.29, 1.82) is 0 Å². The Bertz CT molecular complexity index is 790. The van der Waals surface area contributed by atoms with E-state index in [1.807, 2.05) is 12.1 Å². The van der Waals surface area contributed by atoms with E-state index in [-0.39, 0.29) is 12.3 Å². The second-order valence-electron chi connectivity index (χ2n) is 7.93. The molecule has 2 fully saturated rings. The molecule has 0 amide bonds. The first-order valence-corrected chi connectivity index (χ1v) is 10.0. The first-order valence-electron chi connectivity index (χ1n) is 10.0. The van der Waals surface area contributed by atoms with Crippen LogP contribution in [-0.4, -0.2) is 44.2 Å². The molecule has 4 atom stereocenters. The van der Waals surface area contributed by atoms with Crippen molar-refractivity contribution in [3.8, 4) is 5.75 Å². The fourth-order valence-corrected chi connectivity index (χ4v) is 5.11. The summed E-state index contributed by atoms with van der Waals surface area (Å²) < 4.78 is 17.3. The van der Waals surface area contributed by atoms with Crippen LogP contribution in [0, 0.1) is 0 Å². The maximum absolute atomic E-state index is 5.99. The van der Waals surface area contributed by atoms with Crippen LogP contribution in [0.3, 0.4) is 0 Å². The highest BCUT2D eigenvalue weighted by Gasteiger charge is 2.48. The van der Waals surface area contributed by atoms with Crippen LogP contribution < -0.4 is 4.74 Å². The number of likely N-dealkylation sites (tertiary alicyclic amines) is 1. The Hall–Kier alpha value is -1.88. The van der Waals surface area contributed by atoms with E-state index in [2.05, 4.69) is 41.3 Å². The van der Waals surface area contributed by atoms with Crippen molar-refractivity contribution < 1.29 is 14.2 Å². The van der Waals surface area contributed by atoms with Crippen LogP contribution in [0.1, 0.15) is 41.4 Å². The van der Waals surface area contributed by atoms with Crippen LogP contribution in [0.2, 0.25) is 0 Å². The number of fused-ring (bicyclic) bond motifs is 2. The molecule has 5 rings (SSSR count). The highest BCUT2D eigenvalue weighted by Crippen LogP contribution is 2.41. The van der Waals surface area contributed by atoms with Crippen LogP contribution in [0.15, 0.2) is 48.5 Å². The molecule has 4 nitrogen and oxygen atoms in total. The third kappa shape index (κ3) is 3.16. The van der Waals surface area contributed by atoms with Gasteiger partial charge in [-0.15, -0.1) is 0 Å². The Morgan fingerprint density at radius 2 is 1.93 bits per heavy atom. The van der Waals surface area contributed by atoms with E-state index in [9.17, 15) is 0 Å². The lowest BCUT2D eigenvalue weighted by molar-refractivity contribution is -0.0230. The summed E-state index contributed by atoms with van der Waals surface area (Å²) in [5.74, 6) is 1.84. The molecule has 0 radical (unpaired) electrons. The molecule has 142 valence electrons. The minimum Gasteiger partial charge on any atom is -0.497 e. The molecule has 4 unspecified atom stereocenters. The Labute approximate surface area is 161 Å². The molecule has 27 heavy (non-hydrogen) atoms. The second kappa shape index (κ2) is 7.27. The third-order valence-electron chi connectivity index (χ3n) is 6.46. The van der Waals surface area contributed by atoms with Crippen molar-refractivity contribution in [2.75, 3.05) is 27.0 Å². The number of ether oxygens (including phenoxy) is 3. The van der Waals surface area contributed by atoms with Gasteiger partial charge in [0, 0.05) is 19.0 Å². The molecule has 2 heterocycles. The zero-order valence-electron chi connectivity index (χ0n) is 15.8. The molecule has 3 aliphatic rings. The number of hydrogen-bond donors (Lipinski definition) is 0. The third-order valence-corrected chi connectivity index (χ3v) is 6.46. The van der Waals surface area contributed by atoms with Crippen molar-refractivity contribution in [3.63, 3.8) is 0 Å². The van der Waals surface area contributed by atoms with E-state index in [0.29, 0.717) is 18.6 Å². The van der Waals surface area contributed by atoms with Gasteiger partial charge in [-0.1, -0.05) is 36.4 Å². The molecular weight excluding hydrogens is 338 g/mol. The van der Waals surface area contributed by atoms with Crippen LogP contribution in [-0.2, 0) is 15.9 Å². The summed E-state index contributed by atoms with van der Waals surface area (Å²) in [7, 11) is 1.71. The van der Waals surface area contributed by atoms with Crippen molar-refractivity contribution in [2.45, 2.75) is 43.4 Å². The summed E-state index contributed by atoms with van der Waals surface area (Å²) in [5, 5.41) is 0. The maximum atomic E-state index is 5.99. The van der Waals surface area contributed by atoms with E-state index < -0.39 is 0 Å². The van der Waals surface area contributed by atoms with E-state index in [1.165, 1.54) is 36.0 Å². The Balaban J connectivity index is 1.36. The zero-order valence-corrected chi connectivity index (χ0v) is 15.8. The highest BCUT2D eigenvalue weighted by atomic mass is 16.7. The van der Waals surface area contributed by atoms with E-state index in [0.717, 1.165) is 18.8 Å². The van der Waals surface area contributed by atoms with Crippen LogP contribution >= 0.6 is 0 Å².